The van der Waals surface area contributed by atoms with Crippen LogP contribution in [0.25, 0.3) is 0 Å². The van der Waals surface area contributed by atoms with Crippen LogP contribution in [0.1, 0.15) is 0 Å². The van der Waals surface area contributed by atoms with Gasteiger partial charge in [0, 0.05) is 13.4 Å². The zero-order valence-corrected chi connectivity index (χ0v) is 20.7. The first-order chi connectivity index (χ1) is 13.6. The molecular weight excluding hydrogens is 556 g/mol. The molecule has 0 bridgehead atoms. The van der Waals surface area contributed by atoms with E-state index in [2.05, 4.69) is 151 Å². The van der Waals surface area contributed by atoms with Gasteiger partial charge in [0.2, 0.25) is 0 Å². The molecule has 4 aromatic carbocycles. The number of hydrogen-bond donors (Lipinski definition) is 0. The van der Waals surface area contributed by atoms with E-state index in [1.54, 1.807) is 0 Å². The second kappa shape index (κ2) is 8.50. The standard InChI is InChI=1S/C24H17Br3Si/c25-18-7-4-12-22(15-18)28(21-10-2-1-3-11-21,23-13-5-8-19(26)16-23)24-14-6-9-20(27)17-24/h1-17H. The molecule has 0 atom stereocenters. The van der Waals surface area contributed by atoms with Crippen LogP contribution in [-0.4, -0.2) is 8.07 Å². The Labute approximate surface area is 192 Å². The fourth-order valence-electron chi connectivity index (χ4n) is 3.85. The van der Waals surface area contributed by atoms with Crippen LogP contribution in [0.5, 0.6) is 0 Å². The number of halogens is 3. The average molecular weight is 573 g/mol. The molecule has 0 saturated heterocycles. The Bertz CT molecular complexity index is 998. The van der Waals surface area contributed by atoms with Crippen LogP contribution in [0.3, 0.4) is 0 Å². The molecule has 0 N–H and O–H groups in total. The predicted molar refractivity (Wildman–Crippen MR) is 133 cm³/mol. The van der Waals surface area contributed by atoms with Crippen molar-refractivity contribution in [3.8, 4) is 0 Å². The summed E-state index contributed by atoms with van der Waals surface area (Å²) >= 11 is 11.1. The van der Waals surface area contributed by atoms with Crippen molar-refractivity contribution in [3.63, 3.8) is 0 Å². The molecule has 138 valence electrons. The van der Waals surface area contributed by atoms with Crippen molar-refractivity contribution in [2.24, 2.45) is 0 Å². The van der Waals surface area contributed by atoms with E-state index >= 15 is 0 Å². The fourth-order valence-corrected chi connectivity index (χ4v) is 10.5. The van der Waals surface area contributed by atoms with E-state index in [1.165, 1.54) is 20.7 Å². The maximum atomic E-state index is 3.70. The monoisotopic (exact) mass is 570 g/mol. The number of benzene rings is 4. The second-order valence-corrected chi connectivity index (χ2v) is 13.2. The highest BCUT2D eigenvalue weighted by Crippen LogP contribution is 2.17. The van der Waals surface area contributed by atoms with Crippen molar-refractivity contribution in [3.05, 3.63) is 117 Å². The number of hydrogen-bond acceptors (Lipinski definition) is 0. The fraction of sp³-hybridized carbons (Fsp3) is 0. The molecule has 0 aliphatic rings. The molecule has 0 aromatic heterocycles. The van der Waals surface area contributed by atoms with E-state index < -0.39 is 8.07 Å². The quantitative estimate of drug-likeness (QED) is 0.228. The summed E-state index contributed by atoms with van der Waals surface area (Å²) in [5.74, 6) is 0. The van der Waals surface area contributed by atoms with Crippen molar-refractivity contribution in [2.75, 3.05) is 0 Å². The Balaban J connectivity index is 2.17. The topological polar surface area (TPSA) is 0 Å². The Morgan fingerprint density at radius 2 is 0.750 bits per heavy atom. The van der Waals surface area contributed by atoms with Crippen LogP contribution in [0, 0.1) is 0 Å². The molecule has 0 aliphatic carbocycles. The first-order valence-corrected chi connectivity index (χ1v) is 13.3. The van der Waals surface area contributed by atoms with Gasteiger partial charge in [-0.1, -0.05) is 115 Å². The lowest BCUT2D eigenvalue weighted by Crippen LogP contribution is -2.74. The SMILES string of the molecule is Brc1cccc([Si](c2ccccc2)(c2cccc(Br)c2)c2cccc(Br)c2)c1. The largest absolute Gasteiger partial charge is 0.179 e. The molecule has 4 heteroatoms. The molecule has 0 spiro atoms. The van der Waals surface area contributed by atoms with Crippen LogP contribution < -0.4 is 20.7 Å². The molecule has 0 saturated carbocycles. The van der Waals surface area contributed by atoms with E-state index in [9.17, 15) is 0 Å². The third-order valence-electron chi connectivity index (χ3n) is 4.98. The lowest BCUT2D eigenvalue weighted by atomic mass is 10.3. The Morgan fingerprint density at radius 1 is 0.393 bits per heavy atom. The number of rotatable bonds is 4. The van der Waals surface area contributed by atoms with Gasteiger partial charge in [-0.2, -0.15) is 0 Å². The molecule has 0 aliphatic heterocycles. The zero-order chi connectivity index (χ0) is 19.6. The van der Waals surface area contributed by atoms with Crippen molar-refractivity contribution in [1.82, 2.24) is 0 Å². The van der Waals surface area contributed by atoms with Crippen molar-refractivity contribution in [2.45, 2.75) is 0 Å². The zero-order valence-electron chi connectivity index (χ0n) is 14.9. The summed E-state index contributed by atoms with van der Waals surface area (Å²) in [5, 5.41) is 5.42. The molecule has 0 nitrogen and oxygen atoms in total. The Morgan fingerprint density at radius 3 is 1.11 bits per heavy atom. The molecule has 0 heterocycles. The van der Waals surface area contributed by atoms with Gasteiger partial charge in [0.1, 0.15) is 0 Å². The lowest BCUT2D eigenvalue weighted by molar-refractivity contribution is 1.62. The summed E-state index contributed by atoms with van der Waals surface area (Å²) in [6.45, 7) is 0. The lowest BCUT2D eigenvalue weighted by Gasteiger charge is -2.34. The minimum atomic E-state index is -2.48. The summed E-state index contributed by atoms with van der Waals surface area (Å²) < 4.78 is 3.30. The summed E-state index contributed by atoms with van der Waals surface area (Å²) in [4.78, 5) is 0. The van der Waals surface area contributed by atoms with Crippen molar-refractivity contribution >= 4 is 76.6 Å². The van der Waals surface area contributed by atoms with Crippen molar-refractivity contribution < 1.29 is 0 Å². The van der Waals surface area contributed by atoms with Crippen LogP contribution in [0.15, 0.2) is 117 Å². The highest BCUT2D eigenvalue weighted by atomic mass is 79.9. The summed E-state index contributed by atoms with van der Waals surface area (Å²) in [7, 11) is -2.48. The highest BCUT2D eigenvalue weighted by Gasteiger charge is 2.41. The van der Waals surface area contributed by atoms with Gasteiger partial charge in [-0.15, -0.1) is 0 Å². The molecule has 4 rings (SSSR count). The van der Waals surface area contributed by atoms with Crippen molar-refractivity contribution in [1.29, 1.82) is 0 Å². The van der Waals surface area contributed by atoms with Crippen LogP contribution >= 0.6 is 47.8 Å². The van der Waals surface area contributed by atoms with E-state index in [0.717, 1.165) is 13.4 Å². The van der Waals surface area contributed by atoms with Crippen LogP contribution in [-0.2, 0) is 0 Å². The van der Waals surface area contributed by atoms with E-state index in [1.807, 2.05) is 0 Å². The van der Waals surface area contributed by atoms with Gasteiger partial charge >= 0.3 is 0 Å². The molecule has 0 fully saturated rings. The molecular formula is C24H17Br3Si. The smallest absolute Gasteiger partial charge is 0.0623 e. The third kappa shape index (κ3) is 3.71. The summed E-state index contributed by atoms with van der Waals surface area (Å²) in [5.41, 5.74) is 0. The molecule has 0 unspecified atom stereocenters. The van der Waals surface area contributed by atoms with Crippen LogP contribution in [0.2, 0.25) is 0 Å². The van der Waals surface area contributed by atoms with Gasteiger partial charge in [0.05, 0.1) is 0 Å². The predicted octanol–water partition coefficient (Wildman–Crippen LogP) is 5.35. The average Bonchev–Trinajstić information content (AvgIpc) is 2.70. The van der Waals surface area contributed by atoms with Gasteiger partial charge in [-0.25, -0.2) is 0 Å². The first-order valence-electron chi connectivity index (χ1n) is 8.94. The Kier molecular flexibility index (Phi) is 6.02. The van der Waals surface area contributed by atoms with Gasteiger partial charge in [-0.05, 0) is 57.1 Å². The first kappa shape index (κ1) is 19.8. The van der Waals surface area contributed by atoms with Gasteiger partial charge < -0.3 is 0 Å². The maximum Gasteiger partial charge on any atom is 0.179 e. The van der Waals surface area contributed by atoms with Gasteiger partial charge in [0.25, 0.3) is 0 Å². The molecule has 0 radical (unpaired) electrons. The molecule has 0 amide bonds. The Hall–Kier alpha value is -1.46. The second-order valence-electron chi connectivity index (χ2n) is 6.65. The third-order valence-corrected chi connectivity index (χ3v) is 11.2. The summed E-state index contributed by atoms with van der Waals surface area (Å²) in [6.07, 6.45) is 0. The minimum absolute atomic E-state index is 1.10. The van der Waals surface area contributed by atoms with Gasteiger partial charge in [-0.3, -0.25) is 0 Å². The van der Waals surface area contributed by atoms with E-state index in [0.29, 0.717) is 0 Å². The molecule has 4 aromatic rings. The van der Waals surface area contributed by atoms with E-state index in [-0.39, 0.29) is 0 Å². The molecule has 28 heavy (non-hydrogen) atoms. The van der Waals surface area contributed by atoms with Crippen LogP contribution in [0.4, 0.5) is 0 Å². The van der Waals surface area contributed by atoms with E-state index in [4.69, 9.17) is 0 Å². The maximum absolute atomic E-state index is 3.70. The normalized spacial score (nSPS) is 11.4. The minimum Gasteiger partial charge on any atom is -0.0623 e. The van der Waals surface area contributed by atoms with Gasteiger partial charge in [0.15, 0.2) is 8.07 Å². The highest BCUT2D eigenvalue weighted by molar-refractivity contribution is 9.11. The summed E-state index contributed by atoms with van der Waals surface area (Å²) in [6, 6.07) is 37.3.